The molecule has 1 amide bonds. The molecule has 6 heteroatoms. The zero-order valence-electron chi connectivity index (χ0n) is 7.98. The third-order valence-corrected chi connectivity index (χ3v) is 3.94. The highest BCUT2D eigenvalue weighted by molar-refractivity contribution is 7.98. The summed E-state index contributed by atoms with van der Waals surface area (Å²) in [4.78, 5) is 17.4. The molecule has 78 valence electrons. The van der Waals surface area contributed by atoms with Crippen LogP contribution in [-0.4, -0.2) is 17.1 Å². The number of nitrogens with zero attached hydrogens (tertiary/aromatic N) is 1. The Balaban J connectivity index is 2.82. The lowest BCUT2D eigenvalue weighted by Gasteiger charge is -1.99. The monoisotopic (exact) mass is 239 g/mol. The third kappa shape index (κ3) is 1.55. The topological polar surface area (TPSA) is 82.0 Å². The fourth-order valence-electron chi connectivity index (χ4n) is 1.37. The minimum Gasteiger partial charge on any atom is -0.397 e. The van der Waals surface area contributed by atoms with Crippen LogP contribution in [0.3, 0.4) is 0 Å². The van der Waals surface area contributed by atoms with Crippen molar-refractivity contribution in [1.29, 1.82) is 0 Å². The maximum Gasteiger partial charge on any atom is 0.260 e. The Morgan fingerprint density at radius 3 is 2.93 bits per heavy atom. The van der Waals surface area contributed by atoms with Crippen LogP contribution in [0.4, 0.5) is 5.69 Å². The molecule has 2 heterocycles. The summed E-state index contributed by atoms with van der Waals surface area (Å²) in [7, 11) is 0. The average Bonchev–Trinajstić information content (AvgIpc) is 2.56. The Morgan fingerprint density at radius 2 is 2.33 bits per heavy atom. The SMILES string of the molecule is CSc1ccnc2sc(C(N)=O)c(N)c12. The van der Waals surface area contributed by atoms with Gasteiger partial charge >= 0.3 is 0 Å². The maximum absolute atomic E-state index is 11.1. The first-order valence-electron chi connectivity index (χ1n) is 4.16. The molecule has 4 N–H and O–H groups in total. The van der Waals surface area contributed by atoms with Crippen LogP contribution in [0.25, 0.3) is 10.2 Å². The largest absolute Gasteiger partial charge is 0.397 e. The summed E-state index contributed by atoms with van der Waals surface area (Å²) in [6.45, 7) is 0. The zero-order chi connectivity index (χ0) is 11.0. The Kier molecular flexibility index (Phi) is 2.54. The fraction of sp³-hybridized carbons (Fsp3) is 0.111. The Morgan fingerprint density at radius 1 is 1.60 bits per heavy atom. The molecule has 0 unspecified atom stereocenters. The van der Waals surface area contributed by atoms with Crippen LogP contribution in [-0.2, 0) is 0 Å². The second-order valence-corrected chi connectivity index (χ2v) is 4.75. The number of carbonyl (C=O) groups is 1. The number of pyridine rings is 1. The number of rotatable bonds is 2. The molecule has 0 saturated carbocycles. The summed E-state index contributed by atoms with van der Waals surface area (Å²) in [5.74, 6) is -0.498. The lowest BCUT2D eigenvalue weighted by atomic mass is 10.2. The quantitative estimate of drug-likeness (QED) is 0.781. The molecule has 4 nitrogen and oxygen atoms in total. The lowest BCUT2D eigenvalue weighted by Crippen LogP contribution is -2.10. The number of thioether (sulfide) groups is 1. The van der Waals surface area contributed by atoms with E-state index in [9.17, 15) is 4.79 Å². The Hall–Kier alpha value is -1.27. The number of nitrogen functional groups attached to an aromatic ring is 1. The lowest BCUT2D eigenvalue weighted by molar-refractivity contribution is 0.100. The van der Waals surface area contributed by atoms with Crippen LogP contribution < -0.4 is 11.5 Å². The predicted octanol–water partition coefficient (Wildman–Crippen LogP) is 1.70. The highest BCUT2D eigenvalue weighted by Crippen LogP contribution is 2.37. The molecule has 0 aliphatic heterocycles. The van der Waals surface area contributed by atoms with E-state index < -0.39 is 5.91 Å². The van der Waals surface area contributed by atoms with Gasteiger partial charge in [-0.15, -0.1) is 23.1 Å². The van der Waals surface area contributed by atoms with Crippen molar-refractivity contribution in [3.05, 3.63) is 17.1 Å². The van der Waals surface area contributed by atoms with Crippen LogP contribution in [0.15, 0.2) is 17.2 Å². The van der Waals surface area contributed by atoms with Gasteiger partial charge in [-0.25, -0.2) is 4.98 Å². The van der Waals surface area contributed by atoms with Crippen molar-refractivity contribution in [1.82, 2.24) is 4.98 Å². The molecular weight excluding hydrogens is 230 g/mol. The van der Waals surface area contributed by atoms with Gasteiger partial charge in [-0.05, 0) is 12.3 Å². The van der Waals surface area contributed by atoms with E-state index in [1.165, 1.54) is 11.3 Å². The van der Waals surface area contributed by atoms with Gasteiger partial charge in [0.05, 0.1) is 5.69 Å². The van der Waals surface area contributed by atoms with E-state index in [0.717, 1.165) is 15.1 Å². The smallest absolute Gasteiger partial charge is 0.260 e. The molecule has 0 radical (unpaired) electrons. The van der Waals surface area contributed by atoms with Gasteiger partial charge in [-0.1, -0.05) is 0 Å². The highest BCUT2D eigenvalue weighted by atomic mass is 32.2. The minimum absolute atomic E-state index is 0.388. The van der Waals surface area contributed by atoms with Crippen molar-refractivity contribution >= 4 is 44.9 Å². The molecule has 0 aliphatic rings. The van der Waals surface area contributed by atoms with Crippen molar-refractivity contribution in [2.75, 3.05) is 12.0 Å². The molecule has 0 fully saturated rings. The zero-order valence-corrected chi connectivity index (χ0v) is 9.61. The molecule has 15 heavy (non-hydrogen) atoms. The molecule has 0 atom stereocenters. The summed E-state index contributed by atoms with van der Waals surface area (Å²) in [5, 5.41) is 0.837. The van der Waals surface area contributed by atoms with Crippen LogP contribution in [0.2, 0.25) is 0 Å². The van der Waals surface area contributed by atoms with E-state index in [1.807, 2.05) is 12.3 Å². The number of fused-ring (bicyclic) bond motifs is 1. The highest BCUT2D eigenvalue weighted by Gasteiger charge is 2.16. The fourth-order valence-corrected chi connectivity index (χ4v) is 2.98. The number of carbonyl (C=O) groups excluding carboxylic acids is 1. The number of nitrogens with two attached hydrogens (primary N) is 2. The van der Waals surface area contributed by atoms with Gasteiger partial charge < -0.3 is 11.5 Å². The first-order valence-corrected chi connectivity index (χ1v) is 6.20. The van der Waals surface area contributed by atoms with Crippen molar-refractivity contribution < 1.29 is 4.79 Å². The van der Waals surface area contributed by atoms with Crippen LogP contribution in [0, 0.1) is 0 Å². The predicted molar refractivity (Wildman–Crippen MR) is 64.3 cm³/mol. The summed E-state index contributed by atoms with van der Waals surface area (Å²) >= 11 is 2.81. The number of hydrogen-bond acceptors (Lipinski definition) is 5. The second-order valence-electron chi connectivity index (χ2n) is 2.90. The Bertz CT molecular complexity index is 535. The van der Waals surface area contributed by atoms with Gasteiger partial charge in [-0.2, -0.15) is 0 Å². The number of amides is 1. The summed E-state index contributed by atoms with van der Waals surface area (Å²) < 4.78 is 0. The molecule has 2 aromatic heterocycles. The van der Waals surface area contributed by atoms with Crippen LogP contribution in [0.1, 0.15) is 9.67 Å². The average molecular weight is 239 g/mol. The van der Waals surface area contributed by atoms with Gasteiger partial charge in [-0.3, -0.25) is 4.79 Å². The van der Waals surface area contributed by atoms with Crippen molar-refractivity contribution in [2.45, 2.75) is 4.90 Å². The summed E-state index contributed by atoms with van der Waals surface area (Å²) in [6.07, 6.45) is 3.66. The number of primary amides is 1. The molecule has 2 aromatic rings. The van der Waals surface area contributed by atoms with E-state index in [0.29, 0.717) is 10.6 Å². The van der Waals surface area contributed by atoms with E-state index in [-0.39, 0.29) is 0 Å². The molecule has 0 spiro atoms. The van der Waals surface area contributed by atoms with E-state index in [4.69, 9.17) is 11.5 Å². The van der Waals surface area contributed by atoms with Crippen LogP contribution >= 0.6 is 23.1 Å². The van der Waals surface area contributed by atoms with E-state index >= 15 is 0 Å². The van der Waals surface area contributed by atoms with Crippen LogP contribution in [0.5, 0.6) is 0 Å². The van der Waals surface area contributed by atoms with Gasteiger partial charge in [0.25, 0.3) is 5.91 Å². The minimum atomic E-state index is -0.498. The van der Waals surface area contributed by atoms with Crippen molar-refractivity contribution in [3.63, 3.8) is 0 Å². The molecule has 0 bridgehead atoms. The number of thiophene rings is 1. The molecule has 0 aliphatic carbocycles. The van der Waals surface area contributed by atoms with Crippen molar-refractivity contribution in [2.24, 2.45) is 5.73 Å². The van der Waals surface area contributed by atoms with Gasteiger partial charge in [0.1, 0.15) is 9.71 Å². The molecule has 0 saturated heterocycles. The normalized spacial score (nSPS) is 10.7. The van der Waals surface area contributed by atoms with Gasteiger partial charge in [0.15, 0.2) is 0 Å². The Labute approximate surface area is 94.7 Å². The van der Waals surface area contributed by atoms with E-state index in [2.05, 4.69) is 4.98 Å². The molecule has 0 aromatic carbocycles. The maximum atomic E-state index is 11.1. The first-order chi connectivity index (χ1) is 7.15. The summed E-state index contributed by atoms with van der Waals surface area (Å²) in [5.41, 5.74) is 11.5. The second kappa shape index (κ2) is 3.71. The number of hydrogen-bond donors (Lipinski definition) is 2. The number of aromatic nitrogens is 1. The third-order valence-electron chi connectivity index (χ3n) is 2.03. The van der Waals surface area contributed by atoms with Crippen molar-refractivity contribution in [3.8, 4) is 0 Å². The molecule has 2 rings (SSSR count). The van der Waals surface area contributed by atoms with E-state index in [1.54, 1.807) is 18.0 Å². The summed E-state index contributed by atoms with van der Waals surface area (Å²) in [6, 6.07) is 1.88. The standard InChI is InChI=1S/C9H9N3OS2/c1-14-4-2-3-12-9-5(4)6(10)7(15-9)8(11)13/h2-3H,10H2,1H3,(H2,11,13). The first kappa shape index (κ1) is 10.3. The van der Waals surface area contributed by atoms with Gasteiger partial charge in [0, 0.05) is 16.5 Å². The molecular formula is C9H9N3OS2. The number of anilines is 1. The van der Waals surface area contributed by atoms with Gasteiger partial charge in [0.2, 0.25) is 0 Å².